The van der Waals surface area contributed by atoms with Crippen molar-refractivity contribution in [3.8, 4) is 0 Å². The Morgan fingerprint density at radius 1 is 1.23 bits per heavy atom. The van der Waals surface area contributed by atoms with Crippen molar-refractivity contribution in [3.05, 3.63) is 46.6 Å². The number of pyridine rings is 1. The summed E-state index contributed by atoms with van der Waals surface area (Å²) in [5.41, 5.74) is 0.886. The molecule has 8 nitrogen and oxygen atoms in total. The van der Waals surface area contributed by atoms with Gasteiger partial charge in [-0.05, 0) is 43.6 Å². The summed E-state index contributed by atoms with van der Waals surface area (Å²) in [7, 11) is 1.76. The zero-order valence-corrected chi connectivity index (χ0v) is 17.8. The predicted molar refractivity (Wildman–Crippen MR) is 112 cm³/mol. The first-order valence-electron chi connectivity index (χ1n) is 11.0. The number of ether oxygens (including phenoxy) is 1. The van der Waals surface area contributed by atoms with Crippen LogP contribution in [0.3, 0.4) is 0 Å². The number of rotatable bonds is 7. The van der Waals surface area contributed by atoms with Crippen LogP contribution in [-0.2, 0) is 22.5 Å². The van der Waals surface area contributed by atoms with E-state index >= 15 is 0 Å². The normalized spacial score (nSPS) is 26.0. The van der Waals surface area contributed by atoms with Gasteiger partial charge < -0.3 is 14.2 Å². The molecular weight excluding hydrogens is 382 g/mol. The molecule has 0 bridgehead atoms. The van der Waals surface area contributed by atoms with E-state index in [-0.39, 0.29) is 30.2 Å². The quantitative estimate of drug-likeness (QED) is 0.693. The molecule has 0 unspecified atom stereocenters. The van der Waals surface area contributed by atoms with Crippen LogP contribution < -0.4 is 5.56 Å². The smallest absolute Gasteiger partial charge is 0.250 e. The molecular formula is C22H31N5O3. The summed E-state index contributed by atoms with van der Waals surface area (Å²) in [4.78, 5) is 26.7. The molecule has 2 aromatic heterocycles. The maximum absolute atomic E-state index is 12.8. The van der Waals surface area contributed by atoms with E-state index in [1.807, 2.05) is 9.58 Å². The fraction of sp³-hybridized carbons (Fsp3) is 0.636. The van der Waals surface area contributed by atoms with Crippen molar-refractivity contribution in [2.24, 2.45) is 11.8 Å². The highest BCUT2D eigenvalue weighted by Gasteiger charge is 2.44. The summed E-state index contributed by atoms with van der Waals surface area (Å²) >= 11 is 0. The SMILES string of the molecule is CCCCc1cn([C@@H]2C[C@@H]3CN(C(=O)Cn4ccccc4=O)C[C@@H]3C[C@H]2OC)nn1. The lowest BCUT2D eigenvalue weighted by Crippen LogP contribution is -2.37. The maximum atomic E-state index is 12.8. The van der Waals surface area contributed by atoms with Crippen molar-refractivity contribution in [2.45, 2.75) is 57.7 Å². The molecule has 3 heterocycles. The van der Waals surface area contributed by atoms with E-state index in [1.165, 1.54) is 10.6 Å². The third-order valence-electron chi connectivity index (χ3n) is 6.63. The number of carbonyl (C=O) groups is 1. The molecule has 30 heavy (non-hydrogen) atoms. The van der Waals surface area contributed by atoms with Crippen LogP contribution in [-0.4, -0.2) is 56.7 Å². The fourth-order valence-corrected chi connectivity index (χ4v) is 4.91. The summed E-state index contributed by atoms with van der Waals surface area (Å²) in [5.74, 6) is 0.845. The van der Waals surface area contributed by atoms with Gasteiger partial charge in [0.1, 0.15) is 6.54 Å². The van der Waals surface area contributed by atoms with E-state index in [0.717, 1.165) is 50.9 Å². The molecule has 4 atom stereocenters. The Hall–Kier alpha value is -2.48. The van der Waals surface area contributed by atoms with Crippen LogP contribution in [0.5, 0.6) is 0 Å². The number of fused-ring (bicyclic) bond motifs is 1. The number of aryl methyl sites for hydroxylation is 1. The fourth-order valence-electron chi connectivity index (χ4n) is 4.91. The standard InChI is InChI=1S/C22H31N5O3/c1-3-4-7-18-14-27(24-23-18)19-10-16-12-26(13-17(16)11-20(19)30-2)22(29)15-25-9-6-5-8-21(25)28/h5-6,8-9,14,16-17,19-20H,3-4,7,10-13,15H2,1-2H3/t16-,17+,19-,20-/m1/s1. The van der Waals surface area contributed by atoms with E-state index < -0.39 is 0 Å². The molecule has 1 aliphatic heterocycles. The number of aromatic nitrogens is 4. The zero-order chi connectivity index (χ0) is 21.1. The topological polar surface area (TPSA) is 82.2 Å². The number of methoxy groups -OCH3 is 1. The molecule has 162 valence electrons. The first-order chi connectivity index (χ1) is 14.6. The molecule has 2 fully saturated rings. The lowest BCUT2D eigenvalue weighted by atomic mass is 9.77. The minimum atomic E-state index is -0.146. The van der Waals surface area contributed by atoms with E-state index in [0.29, 0.717) is 11.8 Å². The van der Waals surface area contributed by atoms with Crippen LogP contribution in [0.4, 0.5) is 0 Å². The highest BCUT2D eigenvalue weighted by Crippen LogP contribution is 2.42. The molecule has 0 N–H and O–H groups in total. The average Bonchev–Trinajstić information content (AvgIpc) is 3.39. The Morgan fingerprint density at radius 3 is 2.77 bits per heavy atom. The maximum Gasteiger partial charge on any atom is 0.250 e. The lowest BCUT2D eigenvalue weighted by Gasteiger charge is -2.36. The first kappa shape index (κ1) is 20.8. The summed E-state index contributed by atoms with van der Waals surface area (Å²) in [6, 6.07) is 5.10. The van der Waals surface area contributed by atoms with Gasteiger partial charge in [0.2, 0.25) is 5.91 Å². The van der Waals surface area contributed by atoms with Crippen LogP contribution in [0.1, 0.15) is 44.3 Å². The molecule has 1 saturated carbocycles. The van der Waals surface area contributed by atoms with Crippen molar-refractivity contribution >= 4 is 5.91 Å². The molecule has 0 spiro atoms. The second-order valence-corrected chi connectivity index (χ2v) is 8.59. The number of hydrogen-bond donors (Lipinski definition) is 0. The molecule has 1 saturated heterocycles. The van der Waals surface area contributed by atoms with Crippen LogP contribution in [0.2, 0.25) is 0 Å². The molecule has 0 aromatic carbocycles. The monoisotopic (exact) mass is 413 g/mol. The van der Waals surface area contributed by atoms with Crippen LogP contribution in [0, 0.1) is 11.8 Å². The molecule has 1 amide bonds. The largest absolute Gasteiger partial charge is 0.379 e. The highest BCUT2D eigenvalue weighted by atomic mass is 16.5. The van der Waals surface area contributed by atoms with Gasteiger partial charge in [-0.25, -0.2) is 4.68 Å². The predicted octanol–water partition coefficient (Wildman–Crippen LogP) is 1.91. The minimum absolute atomic E-state index is 0.00539. The van der Waals surface area contributed by atoms with E-state index in [1.54, 1.807) is 25.4 Å². The Kier molecular flexibility index (Phi) is 6.32. The second-order valence-electron chi connectivity index (χ2n) is 8.59. The number of carbonyl (C=O) groups excluding carboxylic acids is 1. The molecule has 2 aromatic rings. The number of hydrogen-bond acceptors (Lipinski definition) is 5. The zero-order valence-electron chi connectivity index (χ0n) is 17.8. The molecule has 1 aliphatic carbocycles. The number of likely N-dealkylation sites (tertiary alicyclic amines) is 1. The minimum Gasteiger partial charge on any atom is -0.379 e. The van der Waals surface area contributed by atoms with Gasteiger partial charge in [0, 0.05) is 38.7 Å². The Bertz CT molecular complexity index is 923. The molecule has 4 rings (SSSR count). The Labute approximate surface area is 176 Å². The average molecular weight is 414 g/mol. The van der Waals surface area contributed by atoms with Gasteiger partial charge in [0.05, 0.1) is 17.8 Å². The number of unbranched alkanes of at least 4 members (excludes halogenated alkanes) is 1. The summed E-state index contributed by atoms with van der Waals surface area (Å²) < 4.78 is 9.27. The summed E-state index contributed by atoms with van der Waals surface area (Å²) in [6.45, 7) is 3.74. The van der Waals surface area contributed by atoms with Gasteiger partial charge in [-0.15, -0.1) is 5.10 Å². The van der Waals surface area contributed by atoms with Gasteiger partial charge >= 0.3 is 0 Å². The van der Waals surface area contributed by atoms with Crippen LogP contribution in [0.25, 0.3) is 0 Å². The summed E-state index contributed by atoms with van der Waals surface area (Å²) in [5, 5.41) is 8.73. The molecule has 0 radical (unpaired) electrons. The lowest BCUT2D eigenvalue weighted by molar-refractivity contribution is -0.131. The van der Waals surface area contributed by atoms with E-state index in [9.17, 15) is 9.59 Å². The second kappa shape index (κ2) is 9.12. The first-order valence-corrected chi connectivity index (χ1v) is 11.0. The van der Waals surface area contributed by atoms with Crippen molar-refractivity contribution < 1.29 is 9.53 Å². The van der Waals surface area contributed by atoms with Crippen molar-refractivity contribution in [3.63, 3.8) is 0 Å². The van der Waals surface area contributed by atoms with Gasteiger partial charge in [0.25, 0.3) is 5.56 Å². The summed E-state index contributed by atoms with van der Waals surface area (Å²) in [6.07, 6.45) is 8.84. The van der Waals surface area contributed by atoms with Gasteiger partial charge in [-0.3, -0.25) is 9.59 Å². The van der Waals surface area contributed by atoms with Crippen molar-refractivity contribution in [1.82, 2.24) is 24.5 Å². The van der Waals surface area contributed by atoms with Crippen molar-refractivity contribution in [1.29, 1.82) is 0 Å². The molecule has 2 aliphatic rings. The third kappa shape index (κ3) is 4.33. The Balaban J connectivity index is 1.42. The highest BCUT2D eigenvalue weighted by molar-refractivity contribution is 5.76. The van der Waals surface area contributed by atoms with Gasteiger partial charge in [-0.2, -0.15) is 0 Å². The number of amides is 1. The van der Waals surface area contributed by atoms with Gasteiger partial charge in [-0.1, -0.05) is 24.6 Å². The Morgan fingerprint density at radius 2 is 2.03 bits per heavy atom. The van der Waals surface area contributed by atoms with Crippen LogP contribution >= 0.6 is 0 Å². The van der Waals surface area contributed by atoms with E-state index in [2.05, 4.69) is 23.4 Å². The molecule has 8 heteroatoms. The van der Waals surface area contributed by atoms with E-state index in [4.69, 9.17) is 4.74 Å². The third-order valence-corrected chi connectivity index (χ3v) is 6.63. The van der Waals surface area contributed by atoms with Crippen LogP contribution in [0.15, 0.2) is 35.4 Å². The van der Waals surface area contributed by atoms with Gasteiger partial charge in [0.15, 0.2) is 0 Å². The number of nitrogens with zero attached hydrogens (tertiary/aromatic N) is 5. The van der Waals surface area contributed by atoms with Crippen molar-refractivity contribution in [2.75, 3.05) is 20.2 Å².